The van der Waals surface area contributed by atoms with Crippen molar-refractivity contribution in [2.24, 2.45) is 0 Å². The second-order valence-electron chi connectivity index (χ2n) is 9.99. The number of anilines is 3. The Morgan fingerprint density at radius 3 is 2.05 bits per heavy atom. The van der Waals surface area contributed by atoms with Crippen LogP contribution < -0.4 is 15.1 Å². The Morgan fingerprint density at radius 1 is 0.780 bits per heavy atom. The molecule has 0 aliphatic carbocycles. The molecule has 3 amide bonds. The zero-order valence-corrected chi connectivity index (χ0v) is 22.9. The molecule has 0 bridgehead atoms. The van der Waals surface area contributed by atoms with Crippen molar-refractivity contribution in [1.29, 1.82) is 0 Å². The van der Waals surface area contributed by atoms with Gasteiger partial charge in [-0.1, -0.05) is 72.8 Å². The van der Waals surface area contributed by atoms with E-state index in [1.54, 1.807) is 36.4 Å². The van der Waals surface area contributed by atoms with Crippen molar-refractivity contribution < 1.29 is 19.2 Å². The summed E-state index contributed by atoms with van der Waals surface area (Å²) in [5, 5.41) is 2.97. The highest BCUT2D eigenvalue weighted by atomic mass is 16.2. The number of carbonyl (C=O) groups excluding carboxylic acids is 4. The second kappa shape index (κ2) is 11.9. The first-order chi connectivity index (χ1) is 19.8. The number of para-hydroxylation sites is 1. The van der Waals surface area contributed by atoms with E-state index in [1.807, 2.05) is 91.8 Å². The molecule has 41 heavy (non-hydrogen) atoms. The molecule has 1 unspecified atom stereocenters. The smallest absolute Gasteiger partial charge is 0.299 e. The van der Waals surface area contributed by atoms with Gasteiger partial charge in [0.1, 0.15) is 12.6 Å². The minimum atomic E-state index is -1.01. The number of hydrogen-bond donors (Lipinski definition) is 1. The van der Waals surface area contributed by atoms with Gasteiger partial charge in [-0.2, -0.15) is 0 Å². The minimum Gasteiger partial charge on any atom is -0.378 e. The van der Waals surface area contributed by atoms with Gasteiger partial charge in [-0.15, -0.1) is 0 Å². The van der Waals surface area contributed by atoms with Crippen molar-refractivity contribution in [3.05, 3.63) is 126 Å². The number of rotatable bonds is 9. The molecule has 1 N–H and O–H groups in total. The summed E-state index contributed by atoms with van der Waals surface area (Å²) in [6.07, 6.45) is 0. The Bertz CT molecular complexity index is 1570. The van der Waals surface area contributed by atoms with Crippen LogP contribution in [-0.2, 0) is 20.9 Å². The number of amides is 3. The molecule has 206 valence electrons. The number of nitrogens with one attached hydrogen (secondary N) is 1. The average molecular weight is 547 g/mol. The van der Waals surface area contributed by atoms with Crippen molar-refractivity contribution in [1.82, 2.24) is 4.90 Å². The molecule has 0 saturated carbocycles. The quantitative estimate of drug-likeness (QED) is 0.308. The molecule has 0 spiro atoms. The Morgan fingerprint density at radius 2 is 1.39 bits per heavy atom. The third-order valence-corrected chi connectivity index (χ3v) is 7.01. The Labute approximate surface area is 238 Å². The monoisotopic (exact) mass is 546 g/mol. The first kappa shape index (κ1) is 27.3. The maximum absolute atomic E-state index is 14.1. The van der Waals surface area contributed by atoms with Gasteiger partial charge < -0.3 is 15.1 Å². The number of benzene rings is 4. The van der Waals surface area contributed by atoms with Gasteiger partial charge in [0.15, 0.2) is 0 Å². The molecular weight excluding hydrogens is 516 g/mol. The molecule has 0 radical (unpaired) electrons. The molecule has 0 fully saturated rings. The van der Waals surface area contributed by atoms with Crippen LogP contribution in [0.2, 0.25) is 0 Å². The lowest BCUT2D eigenvalue weighted by Gasteiger charge is -2.33. The van der Waals surface area contributed by atoms with Crippen molar-refractivity contribution in [2.45, 2.75) is 12.6 Å². The maximum Gasteiger partial charge on any atom is 0.299 e. The summed E-state index contributed by atoms with van der Waals surface area (Å²) in [6.45, 7) is -0.271. The largest absolute Gasteiger partial charge is 0.378 e. The van der Waals surface area contributed by atoms with Gasteiger partial charge in [-0.3, -0.25) is 24.1 Å². The standard InChI is InChI=1S/C33H30N4O4/c1-35(2)26-19-17-25(18-20-26)34-32(40)30(24-13-7-4-8-14-24)37(21-23-11-5-3-6-12-23)29(38)22-36-28-16-10-9-15-27(28)31(39)33(36)41/h3-20,30H,21-22H2,1-2H3,(H,34,40). The summed E-state index contributed by atoms with van der Waals surface area (Å²) < 4.78 is 0. The zero-order chi connectivity index (χ0) is 28.9. The molecule has 1 heterocycles. The van der Waals surface area contributed by atoms with Crippen LogP contribution in [0.1, 0.15) is 27.5 Å². The van der Waals surface area contributed by atoms with E-state index >= 15 is 0 Å². The number of Topliss-reactive ketones (excluding diaryl/α,β-unsaturated/α-hetero) is 1. The normalized spacial score (nSPS) is 13.0. The lowest BCUT2D eigenvalue weighted by atomic mass is 10.0. The van der Waals surface area contributed by atoms with Gasteiger partial charge in [0, 0.05) is 32.0 Å². The predicted molar refractivity (Wildman–Crippen MR) is 159 cm³/mol. The predicted octanol–water partition coefficient (Wildman–Crippen LogP) is 4.69. The van der Waals surface area contributed by atoms with Gasteiger partial charge in [-0.05, 0) is 47.5 Å². The first-order valence-corrected chi connectivity index (χ1v) is 13.3. The molecule has 8 heteroatoms. The lowest BCUT2D eigenvalue weighted by Crippen LogP contribution is -2.46. The summed E-state index contributed by atoms with van der Waals surface area (Å²) in [4.78, 5) is 58.2. The van der Waals surface area contributed by atoms with E-state index in [-0.39, 0.29) is 18.7 Å². The number of ketones is 1. The van der Waals surface area contributed by atoms with E-state index in [9.17, 15) is 19.2 Å². The molecule has 4 aromatic rings. The molecule has 4 aromatic carbocycles. The highest BCUT2D eigenvalue weighted by Crippen LogP contribution is 2.30. The van der Waals surface area contributed by atoms with Crippen LogP contribution >= 0.6 is 0 Å². The van der Waals surface area contributed by atoms with Crippen LogP contribution in [0.4, 0.5) is 17.1 Å². The van der Waals surface area contributed by atoms with E-state index in [1.165, 1.54) is 9.80 Å². The number of nitrogens with zero attached hydrogens (tertiary/aromatic N) is 3. The van der Waals surface area contributed by atoms with E-state index in [0.29, 0.717) is 16.9 Å². The molecule has 1 atom stereocenters. The van der Waals surface area contributed by atoms with Crippen LogP contribution in [-0.4, -0.2) is 49.0 Å². The average Bonchev–Trinajstić information content (AvgIpc) is 3.23. The van der Waals surface area contributed by atoms with Gasteiger partial charge in [-0.25, -0.2) is 0 Å². The molecule has 1 aliphatic rings. The SMILES string of the molecule is CN(C)c1ccc(NC(=O)C(c2ccccc2)N(Cc2ccccc2)C(=O)CN2C(=O)C(=O)c3ccccc32)cc1. The van der Waals surface area contributed by atoms with E-state index in [0.717, 1.165) is 11.3 Å². The van der Waals surface area contributed by atoms with Crippen molar-refractivity contribution in [2.75, 3.05) is 35.8 Å². The molecule has 0 saturated heterocycles. The number of hydrogen-bond acceptors (Lipinski definition) is 5. The lowest BCUT2D eigenvalue weighted by molar-refractivity contribution is -0.139. The van der Waals surface area contributed by atoms with Gasteiger partial charge >= 0.3 is 0 Å². The Hall–Kier alpha value is -5.24. The Balaban J connectivity index is 1.51. The fourth-order valence-corrected chi connectivity index (χ4v) is 4.90. The van der Waals surface area contributed by atoms with Crippen LogP contribution in [0.5, 0.6) is 0 Å². The third-order valence-electron chi connectivity index (χ3n) is 7.01. The van der Waals surface area contributed by atoms with Crippen LogP contribution in [0.3, 0.4) is 0 Å². The highest BCUT2D eigenvalue weighted by Gasteiger charge is 2.39. The Kier molecular flexibility index (Phi) is 7.92. The van der Waals surface area contributed by atoms with E-state index < -0.39 is 29.5 Å². The van der Waals surface area contributed by atoms with Gasteiger partial charge in [0.05, 0.1) is 11.3 Å². The van der Waals surface area contributed by atoms with Gasteiger partial charge in [0.25, 0.3) is 17.6 Å². The number of carbonyl (C=O) groups is 4. The molecule has 5 rings (SSSR count). The minimum absolute atomic E-state index is 0.115. The molecule has 1 aliphatic heterocycles. The summed E-state index contributed by atoms with van der Waals surface area (Å²) in [5.74, 6) is -2.29. The van der Waals surface area contributed by atoms with Crippen molar-refractivity contribution in [3.8, 4) is 0 Å². The molecule has 0 aromatic heterocycles. The van der Waals surface area contributed by atoms with E-state index in [2.05, 4.69) is 5.32 Å². The summed E-state index contributed by atoms with van der Waals surface area (Å²) in [7, 11) is 3.87. The second-order valence-corrected chi connectivity index (χ2v) is 9.99. The maximum atomic E-state index is 14.1. The van der Waals surface area contributed by atoms with Crippen LogP contribution in [0.25, 0.3) is 0 Å². The van der Waals surface area contributed by atoms with E-state index in [4.69, 9.17) is 0 Å². The van der Waals surface area contributed by atoms with Gasteiger partial charge in [0.2, 0.25) is 5.91 Å². The molecular formula is C33H30N4O4. The first-order valence-electron chi connectivity index (χ1n) is 13.3. The van der Waals surface area contributed by atoms with Crippen molar-refractivity contribution in [3.63, 3.8) is 0 Å². The fourth-order valence-electron chi connectivity index (χ4n) is 4.90. The topological polar surface area (TPSA) is 90.0 Å². The zero-order valence-electron chi connectivity index (χ0n) is 22.9. The summed E-state index contributed by atoms with van der Waals surface area (Å²) >= 11 is 0. The van der Waals surface area contributed by atoms with Crippen molar-refractivity contribution >= 4 is 40.6 Å². The van der Waals surface area contributed by atoms with Crippen LogP contribution in [0, 0.1) is 0 Å². The van der Waals surface area contributed by atoms with Crippen LogP contribution in [0.15, 0.2) is 109 Å². The highest BCUT2D eigenvalue weighted by molar-refractivity contribution is 6.52. The summed E-state index contributed by atoms with van der Waals surface area (Å²) in [5.41, 5.74) is 3.64. The molecule has 8 nitrogen and oxygen atoms in total. The third kappa shape index (κ3) is 5.86. The number of fused-ring (bicyclic) bond motifs is 1. The summed E-state index contributed by atoms with van der Waals surface area (Å²) in [6, 6.07) is 31.4. The fraction of sp³-hybridized carbons (Fsp3) is 0.152.